The van der Waals surface area contributed by atoms with E-state index in [1.165, 1.54) is 22.8 Å². The second-order valence-corrected chi connectivity index (χ2v) is 9.11. The monoisotopic (exact) mass is 478 g/mol. The standard InChI is InChI=1S/C22H18ClF3N4O3/c1-10(27-14-2-3-15(23)28-17(14)19(32)33)12-6-11(24)7-13-16(12)29-20-21(8-22(25,26)9-21)4-5-30(20)18(13)31/h2-3,6-7,10,27H,4-5,8-9H2,1H3,(H,32,33)/t10-/m1/s1. The lowest BCUT2D eigenvalue weighted by molar-refractivity contribution is -0.127. The van der Waals surface area contributed by atoms with Gasteiger partial charge in [-0.05, 0) is 37.6 Å². The Hall–Kier alpha value is -3.14. The maximum atomic E-state index is 14.5. The van der Waals surface area contributed by atoms with Crippen molar-refractivity contribution < 1.29 is 23.1 Å². The quantitative estimate of drug-likeness (QED) is 0.535. The molecule has 1 aliphatic carbocycles. The van der Waals surface area contributed by atoms with Gasteiger partial charge in [0.2, 0.25) is 5.92 Å². The first kappa shape index (κ1) is 21.7. The van der Waals surface area contributed by atoms with E-state index in [1.807, 2.05) is 0 Å². The molecule has 2 aromatic heterocycles. The number of carbonyl (C=O) groups is 1. The second-order valence-electron chi connectivity index (χ2n) is 8.72. The molecule has 1 saturated carbocycles. The predicted molar refractivity (Wildman–Crippen MR) is 115 cm³/mol. The van der Waals surface area contributed by atoms with Crippen LogP contribution >= 0.6 is 11.6 Å². The largest absolute Gasteiger partial charge is 0.476 e. The number of aromatic nitrogens is 3. The number of alkyl halides is 2. The summed E-state index contributed by atoms with van der Waals surface area (Å²) in [4.78, 5) is 33.1. The van der Waals surface area contributed by atoms with Crippen LogP contribution in [0.2, 0.25) is 5.15 Å². The maximum absolute atomic E-state index is 14.5. The number of aromatic carboxylic acids is 1. The fraction of sp³-hybridized carbons (Fsp3) is 0.364. The van der Waals surface area contributed by atoms with Crippen LogP contribution in [0.5, 0.6) is 0 Å². The van der Waals surface area contributed by atoms with Crippen molar-refractivity contribution in [1.29, 1.82) is 0 Å². The Morgan fingerprint density at radius 1 is 1.27 bits per heavy atom. The summed E-state index contributed by atoms with van der Waals surface area (Å²) in [5, 5.41) is 12.4. The number of benzene rings is 1. The number of hydrogen-bond donors (Lipinski definition) is 2. The Morgan fingerprint density at radius 3 is 2.67 bits per heavy atom. The lowest BCUT2D eigenvalue weighted by Gasteiger charge is -2.43. The number of nitrogens with one attached hydrogen (secondary N) is 1. The number of rotatable bonds is 4. The van der Waals surface area contributed by atoms with E-state index in [4.69, 9.17) is 11.6 Å². The molecule has 7 nitrogen and oxygen atoms in total. The van der Waals surface area contributed by atoms with Crippen molar-refractivity contribution >= 4 is 34.2 Å². The van der Waals surface area contributed by atoms with Crippen LogP contribution in [0.1, 0.15) is 54.1 Å². The molecule has 0 unspecified atom stereocenters. The van der Waals surface area contributed by atoms with Crippen LogP contribution in [0.25, 0.3) is 10.9 Å². The third-order valence-electron chi connectivity index (χ3n) is 6.44. The van der Waals surface area contributed by atoms with E-state index in [1.54, 1.807) is 6.92 Å². The van der Waals surface area contributed by atoms with Gasteiger partial charge in [-0.25, -0.2) is 27.9 Å². The molecule has 1 aliphatic heterocycles. The SMILES string of the molecule is C[C@@H](Nc1ccc(Cl)nc1C(=O)O)c1cc(F)cc2c(=O)n3c(nc12)C1(CC3)CC(F)(F)C1. The summed E-state index contributed by atoms with van der Waals surface area (Å²) in [5.74, 6) is -4.47. The van der Waals surface area contributed by atoms with Gasteiger partial charge in [-0.1, -0.05) is 11.6 Å². The zero-order chi connectivity index (χ0) is 23.7. The van der Waals surface area contributed by atoms with Crippen LogP contribution < -0.4 is 10.9 Å². The average molecular weight is 479 g/mol. The van der Waals surface area contributed by atoms with Crippen LogP contribution in [0, 0.1) is 5.82 Å². The fourth-order valence-corrected chi connectivity index (χ4v) is 5.14. The molecule has 3 heterocycles. The van der Waals surface area contributed by atoms with Gasteiger partial charge in [-0.15, -0.1) is 0 Å². The zero-order valence-electron chi connectivity index (χ0n) is 17.3. The molecule has 2 N–H and O–H groups in total. The van der Waals surface area contributed by atoms with Crippen LogP contribution in [-0.2, 0) is 12.0 Å². The molecule has 0 radical (unpaired) electrons. The topological polar surface area (TPSA) is 97.1 Å². The molecule has 3 aromatic rings. The van der Waals surface area contributed by atoms with E-state index >= 15 is 0 Å². The summed E-state index contributed by atoms with van der Waals surface area (Å²) >= 11 is 5.80. The van der Waals surface area contributed by atoms with Gasteiger partial charge < -0.3 is 10.4 Å². The van der Waals surface area contributed by atoms with Gasteiger partial charge in [0.1, 0.15) is 16.8 Å². The third kappa shape index (κ3) is 3.43. The van der Waals surface area contributed by atoms with Crippen molar-refractivity contribution in [3.63, 3.8) is 0 Å². The predicted octanol–water partition coefficient (Wildman–Crippen LogP) is 4.53. The average Bonchev–Trinajstić information content (AvgIpc) is 3.07. The van der Waals surface area contributed by atoms with Gasteiger partial charge in [-0.3, -0.25) is 9.36 Å². The smallest absolute Gasteiger partial charge is 0.356 e. The number of hydrogen-bond acceptors (Lipinski definition) is 5. The Labute approximate surface area is 190 Å². The normalized spacial score (nSPS) is 18.7. The highest BCUT2D eigenvalue weighted by Gasteiger charge is 2.61. The van der Waals surface area contributed by atoms with Crippen molar-refractivity contribution in [2.45, 2.75) is 50.1 Å². The van der Waals surface area contributed by atoms with E-state index in [-0.39, 0.29) is 46.8 Å². The molecule has 1 aromatic carbocycles. The van der Waals surface area contributed by atoms with Crippen molar-refractivity contribution in [2.75, 3.05) is 5.32 Å². The van der Waals surface area contributed by atoms with Crippen LogP contribution in [-0.4, -0.2) is 31.5 Å². The number of fused-ring (bicyclic) bond motifs is 3. The summed E-state index contributed by atoms with van der Waals surface area (Å²) in [5.41, 5.74) is -1.03. The first-order valence-corrected chi connectivity index (χ1v) is 10.7. The second kappa shape index (κ2) is 7.18. The lowest BCUT2D eigenvalue weighted by Crippen LogP contribution is -2.49. The number of carboxylic acid groups (broad SMARTS) is 1. The molecule has 0 amide bonds. The van der Waals surface area contributed by atoms with E-state index in [2.05, 4.69) is 15.3 Å². The number of anilines is 1. The highest BCUT2D eigenvalue weighted by Crippen LogP contribution is 2.57. The minimum Gasteiger partial charge on any atom is -0.476 e. The third-order valence-corrected chi connectivity index (χ3v) is 6.65. The van der Waals surface area contributed by atoms with Gasteiger partial charge in [-0.2, -0.15) is 0 Å². The van der Waals surface area contributed by atoms with Gasteiger partial charge in [0, 0.05) is 30.4 Å². The lowest BCUT2D eigenvalue weighted by atomic mass is 9.65. The maximum Gasteiger partial charge on any atom is 0.356 e. The van der Waals surface area contributed by atoms with E-state index in [0.717, 1.165) is 6.07 Å². The highest BCUT2D eigenvalue weighted by atomic mass is 35.5. The van der Waals surface area contributed by atoms with E-state index in [9.17, 15) is 27.9 Å². The minimum absolute atomic E-state index is 0.00495. The van der Waals surface area contributed by atoms with Crippen molar-refractivity contribution in [1.82, 2.24) is 14.5 Å². The van der Waals surface area contributed by atoms with Gasteiger partial charge in [0.05, 0.1) is 22.6 Å². The molecule has 0 saturated heterocycles. The van der Waals surface area contributed by atoms with Gasteiger partial charge in [0.25, 0.3) is 5.56 Å². The highest BCUT2D eigenvalue weighted by molar-refractivity contribution is 6.29. The zero-order valence-corrected chi connectivity index (χ0v) is 18.1. The molecule has 1 spiro atoms. The van der Waals surface area contributed by atoms with Crippen LogP contribution in [0.3, 0.4) is 0 Å². The molecule has 11 heteroatoms. The molecular weight excluding hydrogens is 461 g/mol. The summed E-state index contributed by atoms with van der Waals surface area (Å²) in [6.45, 7) is 1.90. The first-order valence-electron chi connectivity index (χ1n) is 10.3. The fourth-order valence-electron chi connectivity index (χ4n) is 5.00. The van der Waals surface area contributed by atoms with Gasteiger partial charge >= 0.3 is 5.97 Å². The molecule has 2 aliphatic rings. The molecule has 1 fully saturated rings. The Kier molecular flexibility index (Phi) is 4.72. The Morgan fingerprint density at radius 2 is 2.00 bits per heavy atom. The minimum atomic E-state index is -2.79. The van der Waals surface area contributed by atoms with Crippen molar-refractivity contribution in [3.05, 3.63) is 62.7 Å². The summed E-state index contributed by atoms with van der Waals surface area (Å²) in [7, 11) is 0. The number of pyridine rings is 1. The molecule has 172 valence electrons. The summed E-state index contributed by atoms with van der Waals surface area (Å²) < 4.78 is 43.3. The number of halogens is 4. The molecule has 5 rings (SSSR count). The van der Waals surface area contributed by atoms with Gasteiger partial charge in [0.15, 0.2) is 5.69 Å². The van der Waals surface area contributed by atoms with Crippen LogP contribution in [0.4, 0.5) is 18.9 Å². The Bertz CT molecular complexity index is 1380. The van der Waals surface area contributed by atoms with E-state index in [0.29, 0.717) is 17.8 Å². The Balaban J connectivity index is 1.63. The molecule has 0 bridgehead atoms. The van der Waals surface area contributed by atoms with Crippen molar-refractivity contribution in [2.24, 2.45) is 0 Å². The molecule has 1 atom stereocenters. The van der Waals surface area contributed by atoms with E-state index < -0.39 is 34.7 Å². The number of carboxylic acids is 1. The first-order chi connectivity index (χ1) is 15.5. The molecule has 33 heavy (non-hydrogen) atoms. The summed E-state index contributed by atoms with van der Waals surface area (Å²) in [6, 6.07) is 4.43. The molecular formula is C22H18ClF3N4O3. The van der Waals surface area contributed by atoms with Crippen LogP contribution in [0.15, 0.2) is 29.1 Å². The van der Waals surface area contributed by atoms with Crippen molar-refractivity contribution in [3.8, 4) is 0 Å². The number of nitrogens with zero attached hydrogens (tertiary/aromatic N) is 3. The summed E-state index contributed by atoms with van der Waals surface area (Å²) in [6.07, 6.45) is -0.368.